The molecular weight excluding hydrogens is 205 g/mol. The molecule has 0 atom stereocenters. The maximum atomic E-state index is 13.2. The van der Waals surface area contributed by atoms with Gasteiger partial charge in [-0.2, -0.15) is 0 Å². The minimum Gasteiger partial charge on any atom is -0.295 e. The number of benzene rings is 1. The Balaban J connectivity index is 3.26. The van der Waals surface area contributed by atoms with Crippen molar-refractivity contribution in [3.8, 4) is 0 Å². The molecule has 1 rings (SSSR count). The molecule has 0 aromatic heterocycles. The second kappa shape index (κ2) is 4.29. The summed E-state index contributed by atoms with van der Waals surface area (Å²) < 4.78 is 38.6. The highest BCUT2D eigenvalue weighted by molar-refractivity contribution is 5.94. The van der Waals surface area contributed by atoms with E-state index in [1.54, 1.807) is 0 Å². The predicted octanol–water partition coefficient (Wildman–Crippen LogP) is 3.10. The Hall–Kier alpha value is -1.58. The van der Waals surface area contributed by atoms with E-state index in [1.807, 2.05) is 0 Å². The van der Waals surface area contributed by atoms with Gasteiger partial charge in [0.1, 0.15) is 5.82 Å². The third-order valence-corrected chi connectivity index (χ3v) is 1.85. The number of ketones is 1. The fourth-order valence-electron chi connectivity index (χ4n) is 1.21. The van der Waals surface area contributed by atoms with E-state index >= 15 is 0 Å². The summed E-state index contributed by atoms with van der Waals surface area (Å²) in [6.07, 6.45) is 1.16. The average molecular weight is 214 g/mol. The number of halogens is 3. The van der Waals surface area contributed by atoms with E-state index in [4.69, 9.17) is 0 Å². The Morgan fingerprint density at radius 2 is 1.60 bits per heavy atom. The van der Waals surface area contributed by atoms with Crippen molar-refractivity contribution in [3.63, 3.8) is 0 Å². The smallest absolute Gasteiger partial charge is 0.161 e. The van der Waals surface area contributed by atoms with Gasteiger partial charge in [0.15, 0.2) is 17.4 Å². The third-order valence-electron chi connectivity index (χ3n) is 1.85. The van der Waals surface area contributed by atoms with Crippen LogP contribution < -0.4 is 0 Å². The first-order chi connectivity index (χ1) is 6.91. The molecule has 0 radical (unpaired) electrons. The zero-order valence-corrected chi connectivity index (χ0v) is 8.27. The average Bonchev–Trinajstić information content (AvgIpc) is 2.09. The molecule has 0 spiro atoms. The van der Waals surface area contributed by atoms with Crippen LogP contribution in [0.1, 0.15) is 19.4 Å². The van der Waals surface area contributed by atoms with Crippen LogP contribution in [0.3, 0.4) is 0 Å². The van der Waals surface area contributed by atoms with E-state index in [2.05, 4.69) is 0 Å². The molecule has 0 heterocycles. The molecule has 0 aliphatic carbocycles. The van der Waals surface area contributed by atoms with Crippen molar-refractivity contribution in [3.05, 3.63) is 41.2 Å². The molecule has 1 aromatic carbocycles. The minimum absolute atomic E-state index is 0.107. The van der Waals surface area contributed by atoms with Gasteiger partial charge in [-0.25, -0.2) is 13.2 Å². The van der Waals surface area contributed by atoms with Crippen LogP contribution in [0.25, 0.3) is 5.57 Å². The maximum absolute atomic E-state index is 13.2. The molecule has 4 heteroatoms. The zero-order valence-electron chi connectivity index (χ0n) is 8.27. The van der Waals surface area contributed by atoms with Crippen LogP contribution in [0.15, 0.2) is 18.2 Å². The van der Waals surface area contributed by atoms with Gasteiger partial charge in [-0.15, -0.1) is 0 Å². The summed E-state index contributed by atoms with van der Waals surface area (Å²) in [6.45, 7) is 2.75. The monoisotopic (exact) mass is 214 g/mol. The standard InChI is InChI=1S/C11H9F3O/c1-6(3-7(2)15)8-4-10(13)11(14)5-9(8)12/h3-5H,1-2H3/b6-3+. The highest BCUT2D eigenvalue weighted by Gasteiger charge is 2.11. The van der Waals surface area contributed by atoms with Crippen LogP contribution in [-0.2, 0) is 4.79 Å². The first kappa shape index (κ1) is 11.5. The van der Waals surface area contributed by atoms with Gasteiger partial charge in [0.2, 0.25) is 0 Å². The Bertz CT molecular complexity index is 436. The molecule has 0 aliphatic heterocycles. The Morgan fingerprint density at radius 1 is 1.07 bits per heavy atom. The van der Waals surface area contributed by atoms with Crippen molar-refractivity contribution in [1.29, 1.82) is 0 Å². The SMILES string of the molecule is CC(=O)/C=C(\C)c1cc(F)c(F)cc1F. The lowest BCUT2D eigenvalue weighted by molar-refractivity contribution is -0.112. The Labute approximate surface area is 85.2 Å². The largest absolute Gasteiger partial charge is 0.295 e. The number of rotatable bonds is 2. The Morgan fingerprint density at radius 3 is 2.13 bits per heavy atom. The normalized spacial score (nSPS) is 11.7. The number of carbonyl (C=O) groups excluding carboxylic acids is 1. The second-order valence-corrected chi connectivity index (χ2v) is 3.18. The molecule has 0 aliphatic rings. The summed E-state index contributed by atoms with van der Waals surface area (Å²) >= 11 is 0. The summed E-state index contributed by atoms with van der Waals surface area (Å²) in [4.78, 5) is 10.7. The summed E-state index contributed by atoms with van der Waals surface area (Å²) in [5, 5.41) is 0. The van der Waals surface area contributed by atoms with E-state index in [-0.39, 0.29) is 16.9 Å². The molecule has 0 fully saturated rings. The second-order valence-electron chi connectivity index (χ2n) is 3.18. The molecule has 0 saturated carbocycles. The number of allylic oxidation sites excluding steroid dienone is 2. The molecule has 0 bridgehead atoms. The van der Waals surface area contributed by atoms with Crippen molar-refractivity contribution < 1.29 is 18.0 Å². The summed E-state index contributed by atoms with van der Waals surface area (Å²) in [6, 6.07) is 1.20. The van der Waals surface area contributed by atoms with Crippen LogP contribution in [0.4, 0.5) is 13.2 Å². The first-order valence-electron chi connectivity index (χ1n) is 4.25. The van der Waals surface area contributed by atoms with Crippen molar-refractivity contribution in [2.45, 2.75) is 13.8 Å². The van der Waals surface area contributed by atoms with E-state index in [0.717, 1.165) is 12.1 Å². The summed E-state index contributed by atoms with van der Waals surface area (Å²) in [7, 11) is 0. The van der Waals surface area contributed by atoms with Crippen LogP contribution in [0.5, 0.6) is 0 Å². The van der Waals surface area contributed by atoms with Gasteiger partial charge in [0.05, 0.1) is 0 Å². The van der Waals surface area contributed by atoms with E-state index < -0.39 is 17.5 Å². The van der Waals surface area contributed by atoms with Gasteiger partial charge in [0.25, 0.3) is 0 Å². The third kappa shape index (κ3) is 2.68. The molecule has 0 saturated heterocycles. The van der Waals surface area contributed by atoms with Crippen LogP contribution >= 0.6 is 0 Å². The number of hydrogen-bond donors (Lipinski definition) is 0. The zero-order chi connectivity index (χ0) is 11.6. The highest BCUT2D eigenvalue weighted by atomic mass is 19.2. The molecule has 15 heavy (non-hydrogen) atoms. The lowest BCUT2D eigenvalue weighted by atomic mass is 10.1. The quantitative estimate of drug-likeness (QED) is 0.546. The molecule has 1 nitrogen and oxygen atoms in total. The van der Waals surface area contributed by atoms with Gasteiger partial charge in [0, 0.05) is 11.6 Å². The fourth-order valence-corrected chi connectivity index (χ4v) is 1.21. The van der Waals surface area contributed by atoms with Gasteiger partial charge < -0.3 is 0 Å². The molecular formula is C11H9F3O. The number of carbonyl (C=O) groups is 1. The molecule has 0 unspecified atom stereocenters. The number of hydrogen-bond acceptors (Lipinski definition) is 1. The van der Waals surface area contributed by atoms with Crippen molar-refractivity contribution in [2.75, 3.05) is 0 Å². The van der Waals surface area contributed by atoms with Gasteiger partial charge in [-0.3, -0.25) is 4.79 Å². The fraction of sp³-hybridized carbons (Fsp3) is 0.182. The molecule has 1 aromatic rings. The van der Waals surface area contributed by atoms with Gasteiger partial charge in [-0.1, -0.05) is 0 Å². The minimum atomic E-state index is -1.24. The van der Waals surface area contributed by atoms with E-state index in [0.29, 0.717) is 6.07 Å². The molecule has 0 amide bonds. The molecule has 0 N–H and O–H groups in total. The van der Waals surface area contributed by atoms with Crippen LogP contribution in [0.2, 0.25) is 0 Å². The summed E-state index contributed by atoms with van der Waals surface area (Å²) in [5.41, 5.74) is 0.156. The van der Waals surface area contributed by atoms with Crippen molar-refractivity contribution >= 4 is 11.4 Å². The van der Waals surface area contributed by atoms with Gasteiger partial charge in [-0.05, 0) is 31.6 Å². The van der Waals surface area contributed by atoms with E-state index in [1.165, 1.54) is 13.8 Å². The van der Waals surface area contributed by atoms with Crippen LogP contribution in [-0.4, -0.2) is 5.78 Å². The lowest BCUT2D eigenvalue weighted by Crippen LogP contribution is -1.95. The van der Waals surface area contributed by atoms with Crippen LogP contribution in [0, 0.1) is 17.5 Å². The predicted molar refractivity (Wildman–Crippen MR) is 50.6 cm³/mol. The summed E-state index contributed by atoms with van der Waals surface area (Å²) in [5.74, 6) is -3.55. The lowest BCUT2D eigenvalue weighted by Gasteiger charge is -2.03. The molecule has 80 valence electrons. The van der Waals surface area contributed by atoms with Gasteiger partial charge >= 0.3 is 0 Å². The van der Waals surface area contributed by atoms with Crippen molar-refractivity contribution in [2.24, 2.45) is 0 Å². The highest BCUT2D eigenvalue weighted by Crippen LogP contribution is 2.20. The Kier molecular flexibility index (Phi) is 3.29. The van der Waals surface area contributed by atoms with Crippen molar-refractivity contribution in [1.82, 2.24) is 0 Å². The first-order valence-corrected chi connectivity index (χ1v) is 4.25. The van der Waals surface area contributed by atoms with E-state index in [9.17, 15) is 18.0 Å². The maximum Gasteiger partial charge on any atom is 0.161 e. The topological polar surface area (TPSA) is 17.1 Å².